The number of nitrogens with zero attached hydrogens (tertiary/aromatic N) is 3. The van der Waals surface area contributed by atoms with Gasteiger partial charge in [-0.2, -0.15) is 4.98 Å². The Hall–Kier alpha value is -1.91. The number of methoxy groups -OCH3 is 1. The van der Waals surface area contributed by atoms with Crippen molar-refractivity contribution in [2.45, 2.75) is 39.2 Å². The number of benzene rings is 1. The fraction of sp³-hybridized carbons (Fsp3) is 0.500. The molecule has 1 unspecified atom stereocenters. The predicted octanol–water partition coefficient (Wildman–Crippen LogP) is 3.43. The van der Waals surface area contributed by atoms with Gasteiger partial charge < -0.3 is 19.9 Å². The second-order valence-electron chi connectivity index (χ2n) is 6.21. The second-order valence-corrected chi connectivity index (χ2v) is 6.21. The van der Waals surface area contributed by atoms with Crippen molar-refractivity contribution >= 4 is 29.9 Å². The SMILES string of the molecule is CN=C(NCCc1nc(C(C)C)no1)NC(C)c1ccc(OC)c(F)c1.I. The van der Waals surface area contributed by atoms with Crippen LogP contribution in [0.3, 0.4) is 0 Å². The maximum Gasteiger partial charge on any atom is 0.228 e. The first-order chi connectivity index (χ1) is 12.4. The zero-order valence-electron chi connectivity index (χ0n) is 16.2. The number of aromatic nitrogens is 2. The van der Waals surface area contributed by atoms with Crippen LogP contribution in [0.5, 0.6) is 5.75 Å². The lowest BCUT2D eigenvalue weighted by atomic mass is 10.1. The highest BCUT2D eigenvalue weighted by atomic mass is 127. The minimum Gasteiger partial charge on any atom is -0.494 e. The Morgan fingerprint density at radius 1 is 1.33 bits per heavy atom. The number of hydrogen-bond donors (Lipinski definition) is 2. The normalized spacial score (nSPS) is 12.5. The molecule has 27 heavy (non-hydrogen) atoms. The molecule has 0 spiro atoms. The molecule has 0 saturated carbocycles. The van der Waals surface area contributed by atoms with E-state index in [1.54, 1.807) is 13.1 Å². The van der Waals surface area contributed by atoms with Crippen molar-refractivity contribution in [1.82, 2.24) is 20.8 Å². The van der Waals surface area contributed by atoms with E-state index >= 15 is 0 Å². The van der Waals surface area contributed by atoms with Crippen LogP contribution in [0.1, 0.15) is 50.0 Å². The van der Waals surface area contributed by atoms with Crippen LogP contribution in [-0.2, 0) is 6.42 Å². The molecule has 0 aliphatic carbocycles. The van der Waals surface area contributed by atoms with E-state index in [2.05, 4.69) is 25.8 Å². The standard InChI is InChI=1S/C18H26FN5O2.HI/c1-11(2)17-23-16(26-24-17)8-9-21-18(20-4)22-12(3)13-6-7-15(25-5)14(19)10-13;/h6-7,10-12H,8-9H2,1-5H3,(H2,20,21,22);1H. The van der Waals surface area contributed by atoms with Crippen molar-refractivity contribution in [3.63, 3.8) is 0 Å². The van der Waals surface area contributed by atoms with Crippen molar-refractivity contribution in [3.05, 3.63) is 41.3 Å². The summed E-state index contributed by atoms with van der Waals surface area (Å²) in [6, 6.07) is 4.76. The molecule has 0 aliphatic rings. The third-order valence-corrected chi connectivity index (χ3v) is 3.88. The van der Waals surface area contributed by atoms with E-state index in [4.69, 9.17) is 9.26 Å². The quantitative estimate of drug-likeness (QED) is 0.351. The van der Waals surface area contributed by atoms with Gasteiger partial charge in [-0.25, -0.2) is 4.39 Å². The van der Waals surface area contributed by atoms with Gasteiger partial charge in [0, 0.05) is 25.9 Å². The van der Waals surface area contributed by atoms with Crippen LogP contribution in [0.15, 0.2) is 27.7 Å². The molecule has 150 valence electrons. The highest BCUT2D eigenvalue weighted by Gasteiger charge is 2.12. The average Bonchev–Trinajstić information content (AvgIpc) is 3.09. The van der Waals surface area contributed by atoms with E-state index in [-0.39, 0.29) is 47.5 Å². The Bertz CT molecular complexity index is 751. The summed E-state index contributed by atoms with van der Waals surface area (Å²) in [4.78, 5) is 8.52. The molecule has 0 fully saturated rings. The molecule has 1 aromatic carbocycles. The molecule has 2 rings (SSSR count). The van der Waals surface area contributed by atoms with E-state index in [0.29, 0.717) is 30.6 Å². The predicted molar refractivity (Wildman–Crippen MR) is 113 cm³/mol. The van der Waals surface area contributed by atoms with Gasteiger partial charge in [-0.1, -0.05) is 25.1 Å². The van der Waals surface area contributed by atoms with Crippen molar-refractivity contribution < 1.29 is 13.7 Å². The molecule has 7 nitrogen and oxygen atoms in total. The van der Waals surface area contributed by atoms with Gasteiger partial charge >= 0.3 is 0 Å². The van der Waals surface area contributed by atoms with Crippen molar-refractivity contribution in [3.8, 4) is 5.75 Å². The number of rotatable bonds is 7. The first kappa shape index (κ1) is 23.1. The second kappa shape index (κ2) is 11.1. The minimum atomic E-state index is -0.390. The van der Waals surface area contributed by atoms with Crippen LogP contribution < -0.4 is 15.4 Å². The lowest BCUT2D eigenvalue weighted by Gasteiger charge is -2.18. The van der Waals surface area contributed by atoms with Crippen molar-refractivity contribution in [1.29, 1.82) is 0 Å². The lowest BCUT2D eigenvalue weighted by molar-refractivity contribution is 0.371. The maximum absolute atomic E-state index is 13.9. The molecule has 2 N–H and O–H groups in total. The number of aliphatic imine (C=N–C) groups is 1. The van der Waals surface area contributed by atoms with Crippen molar-refractivity contribution in [2.24, 2.45) is 4.99 Å². The van der Waals surface area contributed by atoms with E-state index in [1.807, 2.05) is 26.8 Å². The summed E-state index contributed by atoms with van der Waals surface area (Å²) < 4.78 is 24.0. The Balaban J connectivity index is 0.00000364. The third-order valence-electron chi connectivity index (χ3n) is 3.88. The molecule has 2 aromatic rings. The summed E-state index contributed by atoms with van der Waals surface area (Å²) in [5, 5.41) is 10.3. The zero-order valence-corrected chi connectivity index (χ0v) is 18.6. The van der Waals surface area contributed by atoms with E-state index in [9.17, 15) is 4.39 Å². The fourth-order valence-corrected chi connectivity index (χ4v) is 2.33. The monoisotopic (exact) mass is 491 g/mol. The zero-order chi connectivity index (χ0) is 19.1. The van der Waals surface area contributed by atoms with Gasteiger partial charge in [0.1, 0.15) is 0 Å². The molecule has 0 bridgehead atoms. The molecule has 0 aliphatic heterocycles. The molecular formula is C18H27FIN5O2. The number of hydrogen-bond acceptors (Lipinski definition) is 5. The Kier molecular flexibility index (Phi) is 9.47. The smallest absolute Gasteiger partial charge is 0.228 e. The van der Waals surface area contributed by atoms with Gasteiger partial charge in [0.15, 0.2) is 23.4 Å². The van der Waals surface area contributed by atoms with Gasteiger partial charge in [-0.15, -0.1) is 24.0 Å². The molecule has 0 saturated heterocycles. The number of ether oxygens (including phenoxy) is 1. The summed E-state index contributed by atoms with van der Waals surface area (Å²) in [7, 11) is 3.12. The van der Waals surface area contributed by atoms with E-state index < -0.39 is 0 Å². The molecule has 1 heterocycles. The number of nitrogens with one attached hydrogen (secondary N) is 2. The van der Waals surface area contributed by atoms with Crippen LogP contribution in [0.25, 0.3) is 0 Å². The summed E-state index contributed by atoms with van der Waals surface area (Å²) in [6.07, 6.45) is 0.589. The fourth-order valence-electron chi connectivity index (χ4n) is 2.33. The minimum absolute atomic E-state index is 0. The number of halogens is 2. The molecule has 0 radical (unpaired) electrons. The van der Waals surface area contributed by atoms with Crippen LogP contribution in [-0.4, -0.2) is 36.8 Å². The maximum atomic E-state index is 13.9. The Morgan fingerprint density at radius 2 is 2.07 bits per heavy atom. The van der Waals surface area contributed by atoms with Crippen LogP contribution in [0.4, 0.5) is 4.39 Å². The summed E-state index contributed by atoms with van der Waals surface area (Å²) in [6.45, 7) is 6.55. The van der Waals surface area contributed by atoms with Crippen LogP contribution >= 0.6 is 24.0 Å². The van der Waals surface area contributed by atoms with Crippen molar-refractivity contribution in [2.75, 3.05) is 20.7 Å². The van der Waals surface area contributed by atoms with Crippen LogP contribution in [0, 0.1) is 5.82 Å². The lowest BCUT2D eigenvalue weighted by Crippen LogP contribution is -2.39. The number of guanidine groups is 1. The molecule has 0 amide bonds. The van der Waals surface area contributed by atoms with Gasteiger partial charge in [-0.3, -0.25) is 4.99 Å². The highest BCUT2D eigenvalue weighted by Crippen LogP contribution is 2.21. The molecule has 1 aromatic heterocycles. The van der Waals surface area contributed by atoms with Gasteiger partial charge in [0.25, 0.3) is 0 Å². The Labute approximate surface area is 176 Å². The summed E-state index contributed by atoms with van der Waals surface area (Å²) in [5.74, 6) is 1.97. The summed E-state index contributed by atoms with van der Waals surface area (Å²) >= 11 is 0. The van der Waals surface area contributed by atoms with E-state index in [0.717, 1.165) is 5.56 Å². The van der Waals surface area contributed by atoms with Gasteiger partial charge in [0.05, 0.1) is 13.2 Å². The molecular weight excluding hydrogens is 464 g/mol. The first-order valence-electron chi connectivity index (χ1n) is 8.57. The summed E-state index contributed by atoms with van der Waals surface area (Å²) in [5.41, 5.74) is 0.796. The largest absolute Gasteiger partial charge is 0.494 e. The first-order valence-corrected chi connectivity index (χ1v) is 8.57. The topological polar surface area (TPSA) is 84.6 Å². The van der Waals surface area contributed by atoms with Crippen LogP contribution in [0.2, 0.25) is 0 Å². The Morgan fingerprint density at radius 3 is 2.63 bits per heavy atom. The van der Waals surface area contributed by atoms with Gasteiger partial charge in [-0.05, 0) is 24.6 Å². The highest BCUT2D eigenvalue weighted by molar-refractivity contribution is 14.0. The van der Waals surface area contributed by atoms with E-state index in [1.165, 1.54) is 13.2 Å². The average molecular weight is 491 g/mol. The van der Waals surface area contributed by atoms with Gasteiger partial charge in [0.2, 0.25) is 5.89 Å². The third kappa shape index (κ3) is 6.64. The molecule has 1 atom stereocenters. The molecule has 9 heteroatoms.